The highest BCUT2D eigenvalue weighted by Crippen LogP contribution is 2.35. The van der Waals surface area contributed by atoms with Gasteiger partial charge in [-0.25, -0.2) is 4.98 Å². The first kappa shape index (κ1) is 20.0. The van der Waals surface area contributed by atoms with Crippen LogP contribution in [0.1, 0.15) is 16.0 Å². The van der Waals surface area contributed by atoms with E-state index in [0.717, 1.165) is 27.1 Å². The van der Waals surface area contributed by atoms with Crippen molar-refractivity contribution in [1.29, 1.82) is 0 Å². The van der Waals surface area contributed by atoms with E-state index in [1.807, 2.05) is 68.4 Å². The molecule has 4 rings (SSSR count). The van der Waals surface area contributed by atoms with Crippen LogP contribution in [0, 0.1) is 13.8 Å². The number of nitrogens with zero attached hydrogens (tertiary/aromatic N) is 3. The van der Waals surface area contributed by atoms with Gasteiger partial charge >= 0.3 is 0 Å². The van der Waals surface area contributed by atoms with Gasteiger partial charge in [0.25, 0.3) is 5.56 Å². The molecule has 0 saturated heterocycles. The lowest BCUT2D eigenvalue weighted by molar-refractivity contribution is -0.131. The molecule has 0 aliphatic carbocycles. The Morgan fingerprint density at radius 2 is 1.77 bits per heavy atom. The minimum atomic E-state index is -0.180. The van der Waals surface area contributed by atoms with Crippen LogP contribution in [0.15, 0.2) is 65.7 Å². The van der Waals surface area contributed by atoms with Crippen molar-refractivity contribution in [1.82, 2.24) is 14.5 Å². The maximum Gasteiger partial charge on any atom is 0.263 e. The van der Waals surface area contributed by atoms with Crippen LogP contribution >= 0.6 is 11.3 Å². The Kier molecular flexibility index (Phi) is 5.50. The number of fused-ring (bicyclic) bond motifs is 1. The number of aromatic nitrogens is 2. The zero-order valence-corrected chi connectivity index (χ0v) is 18.1. The molecule has 152 valence electrons. The quantitative estimate of drug-likeness (QED) is 0.484. The number of likely N-dealkylation sites (N-methyl/N-ethyl adjacent to an activating group) is 1. The highest BCUT2D eigenvalue weighted by Gasteiger charge is 2.18. The van der Waals surface area contributed by atoms with Crippen LogP contribution in [-0.4, -0.2) is 27.4 Å². The maximum absolute atomic E-state index is 13.3. The van der Waals surface area contributed by atoms with Gasteiger partial charge in [-0.2, -0.15) is 0 Å². The monoisotopic (exact) mass is 417 g/mol. The molecule has 4 aromatic rings. The molecule has 6 heteroatoms. The average Bonchev–Trinajstić information content (AvgIpc) is 3.09. The van der Waals surface area contributed by atoms with Crippen molar-refractivity contribution in [3.63, 3.8) is 0 Å². The van der Waals surface area contributed by atoms with E-state index in [1.54, 1.807) is 11.9 Å². The second kappa shape index (κ2) is 8.24. The summed E-state index contributed by atoms with van der Waals surface area (Å²) in [6, 6.07) is 17.8. The fraction of sp³-hybridized carbons (Fsp3) is 0.208. The van der Waals surface area contributed by atoms with Gasteiger partial charge in [0.1, 0.15) is 11.4 Å². The number of rotatable bonds is 5. The number of benzene rings is 2. The molecule has 5 nitrogen and oxygen atoms in total. The van der Waals surface area contributed by atoms with Crippen LogP contribution in [0.2, 0.25) is 0 Å². The summed E-state index contributed by atoms with van der Waals surface area (Å²) in [7, 11) is 1.76. The third kappa shape index (κ3) is 3.78. The van der Waals surface area contributed by atoms with E-state index in [-0.39, 0.29) is 18.0 Å². The molecule has 2 heterocycles. The van der Waals surface area contributed by atoms with Gasteiger partial charge < -0.3 is 4.90 Å². The Morgan fingerprint density at radius 3 is 2.50 bits per heavy atom. The Bertz CT molecular complexity index is 1270. The van der Waals surface area contributed by atoms with Gasteiger partial charge in [-0.15, -0.1) is 11.3 Å². The van der Waals surface area contributed by atoms with Crippen molar-refractivity contribution in [3.05, 3.63) is 87.3 Å². The Hall–Kier alpha value is -3.25. The van der Waals surface area contributed by atoms with Crippen LogP contribution in [0.3, 0.4) is 0 Å². The summed E-state index contributed by atoms with van der Waals surface area (Å²) < 4.78 is 1.41. The molecule has 0 saturated carbocycles. The van der Waals surface area contributed by atoms with Gasteiger partial charge in [0.05, 0.1) is 11.7 Å². The van der Waals surface area contributed by atoms with Crippen molar-refractivity contribution >= 4 is 27.5 Å². The summed E-state index contributed by atoms with van der Waals surface area (Å²) in [6.45, 7) is 4.50. The predicted molar refractivity (Wildman–Crippen MR) is 122 cm³/mol. The van der Waals surface area contributed by atoms with E-state index in [0.29, 0.717) is 16.8 Å². The molecule has 2 aromatic heterocycles. The molecular weight excluding hydrogens is 394 g/mol. The zero-order chi connectivity index (χ0) is 21.3. The summed E-state index contributed by atoms with van der Waals surface area (Å²) in [5, 5.41) is 0.584. The summed E-state index contributed by atoms with van der Waals surface area (Å²) in [4.78, 5) is 33.9. The SMILES string of the molecule is Cc1ccccc1CN(C)C(=O)Cn1cnc2sc(C)c(-c3ccccc3)c2c1=O. The molecule has 0 N–H and O–H groups in total. The van der Waals surface area contributed by atoms with E-state index in [4.69, 9.17) is 0 Å². The minimum Gasteiger partial charge on any atom is -0.340 e. The molecule has 2 aromatic carbocycles. The van der Waals surface area contributed by atoms with Gasteiger partial charge in [0.2, 0.25) is 5.91 Å². The topological polar surface area (TPSA) is 55.2 Å². The first-order chi connectivity index (χ1) is 14.5. The largest absolute Gasteiger partial charge is 0.340 e. The number of carbonyl (C=O) groups is 1. The number of aryl methyl sites for hydroxylation is 2. The van der Waals surface area contributed by atoms with E-state index < -0.39 is 0 Å². The van der Waals surface area contributed by atoms with Crippen LogP contribution in [0.5, 0.6) is 0 Å². The minimum absolute atomic E-state index is 0.0344. The number of thiophene rings is 1. The molecule has 0 radical (unpaired) electrons. The highest BCUT2D eigenvalue weighted by atomic mass is 32.1. The van der Waals surface area contributed by atoms with E-state index in [1.165, 1.54) is 22.2 Å². The van der Waals surface area contributed by atoms with Crippen molar-refractivity contribution in [2.45, 2.75) is 26.9 Å². The number of amides is 1. The van der Waals surface area contributed by atoms with E-state index >= 15 is 0 Å². The normalized spacial score (nSPS) is 11.0. The van der Waals surface area contributed by atoms with E-state index in [9.17, 15) is 9.59 Å². The number of hydrogen-bond donors (Lipinski definition) is 0. The third-order valence-electron chi connectivity index (χ3n) is 5.32. The van der Waals surface area contributed by atoms with Crippen molar-refractivity contribution < 1.29 is 4.79 Å². The Morgan fingerprint density at radius 1 is 1.07 bits per heavy atom. The first-order valence-electron chi connectivity index (χ1n) is 9.78. The Labute approximate surface area is 179 Å². The standard InChI is InChI=1S/C24H23N3O2S/c1-16-9-7-8-12-19(16)13-26(3)20(28)14-27-15-25-23-22(24(27)29)21(17(2)30-23)18-10-5-4-6-11-18/h4-12,15H,13-14H2,1-3H3. The fourth-order valence-corrected chi connectivity index (χ4v) is 4.60. The number of carbonyl (C=O) groups excluding carboxylic acids is 1. The van der Waals surface area contributed by atoms with Gasteiger partial charge in [-0.05, 0) is 30.5 Å². The molecule has 0 aliphatic rings. The summed E-state index contributed by atoms with van der Waals surface area (Å²) in [5.74, 6) is -0.130. The average molecular weight is 418 g/mol. The van der Waals surface area contributed by atoms with Crippen molar-refractivity contribution in [2.75, 3.05) is 7.05 Å². The maximum atomic E-state index is 13.3. The van der Waals surface area contributed by atoms with Gasteiger partial charge in [-0.1, -0.05) is 54.6 Å². The van der Waals surface area contributed by atoms with Crippen LogP contribution in [-0.2, 0) is 17.9 Å². The van der Waals surface area contributed by atoms with Gasteiger partial charge in [0, 0.05) is 24.0 Å². The summed E-state index contributed by atoms with van der Waals surface area (Å²) in [6.07, 6.45) is 1.48. The van der Waals surface area contributed by atoms with Crippen LogP contribution in [0.25, 0.3) is 21.3 Å². The molecule has 0 fully saturated rings. The highest BCUT2D eigenvalue weighted by molar-refractivity contribution is 7.19. The van der Waals surface area contributed by atoms with Gasteiger partial charge in [0.15, 0.2) is 0 Å². The second-order valence-electron chi connectivity index (χ2n) is 7.43. The van der Waals surface area contributed by atoms with Crippen molar-refractivity contribution in [3.8, 4) is 11.1 Å². The first-order valence-corrected chi connectivity index (χ1v) is 10.6. The zero-order valence-electron chi connectivity index (χ0n) is 17.3. The molecule has 0 unspecified atom stereocenters. The molecule has 0 atom stereocenters. The van der Waals surface area contributed by atoms with E-state index in [2.05, 4.69) is 4.98 Å². The molecule has 30 heavy (non-hydrogen) atoms. The third-order valence-corrected chi connectivity index (χ3v) is 6.33. The molecule has 0 aliphatic heterocycles. The summed E-state index contributed by atoms with van der Waals surface area (Å²) in [5.41, 5.74) is 3.94. The number of hydrogen-bond acceptors (Lipinski definition) is 4. The lowest BCUT2D eigenvalue weighted by atomic mass is 10.0. The molecule has 1 amide bonds. The molecule has 0 bridgehead atoms. The van der Waals surface area contributed by atoms with Crippen LogP contribution in [0.4, 0.5) is 0 Å². The molecule has 0 spiro atoms. The van der Waals surface area contributed by atoms with Gasteiger partial charge in [-0.3, -0.25) is 14.2 Å². The lowest BCUT2D eigenvalue weighted by Gasteiger charge is -2.19. The summed E-state index contributed by atoms with van der Waals surface area (Å²) >= 11 is 1.51. The van der Waals surface area contributed by atoms with Crippen molar-refractivity contribution in [2.24, 2.45) is 0 Å². The predicted octanol–water partition coefficient (Wildman–Crippen LogP) is 4.40. The smallest absolute Gasteiger partial charge is 0.263 e. The Balaban J connectivity index is 1.65. The molecular formula is C24H23N3O2S. The van der Waals surface area contributed by atoms with Crippen LogP contribution < -0.4 is 5.56 Å². The second-order valence-corrected chi connectivity index (χ2v) is 8.64. The fourth-order valence-electron chi connectivity index (χ4n) is 3.60. The lowest BCUT2D eigenvalue weighted by Crippen LogP contribution is -2.33.